The van der Waals surface area contributed by atoms with E-state index in [1.165, 1.54) is 25.0 Å². The fourth-order valence-corrected chi connectivity index (χ4v) is 3.01. The van der Waals surface area contributed by atoms with Gasteiger partial charge in [0.2, 0.25) is 10.0 Å². The van der Waals surface area contributed by atoms with Crippen LogP contribution < -0.4 is 9.88 Å². The van der Waals surface area contributed by atoms with Crippen LogP contribution in [0.5, 0.6) is 5.75 Å². The van der Waals surface area contributed by atoms with Crippen LogP contribution >= 0.6 is 0 Å². The van der Waals surface area contributed by atoms with E-state index < -0.39 is 15.8 Å². The van der Waals surface area contributed by atoms with Crippen molar-refractivity contribution < 1.29 is 17.5 Å². The van der Waals surface area contributed by atoms with Gasteiger partial charge in [-0.1, -0.05) is 12.8 Å². The van der Waals surface area contributed by atoms with Gasteiger partial charge in [-0.3, -0.25) is 0 Å². The zero-order valence-electron chi connectivity index (χ0n) is 10.6. The normalized spacial score (nSPS) is 18.0. The van der Waals surface area contributed by atoms with Crippen LogP contribution in [0, 0.1) is 5.82 Å². The molecule has 6 heteroatoms. The molecule has 1 fully saturated rings. The fraction of sp³-hybridized carbons (Fsp3) is 0.538. The molecule has 1 aromatic carbocycles. The molecule has 1 aliphatic carbocycles. The van der Waals surface area contributed by atoms with E-state index in [1.54, 1.807) is 0 Å². The second kappa shape index (κ2) is 5.88. The zero-order chi connectivity index (χ0) is 13.9. The highest BCUT2D eigenvalue weighted by atomic mass is 32.2. The summed E-state index contributed by atoms with van der Waals surface area (Å²) in [6, 6.07) is 3.42. The molecule has 0 radical (unpaired) electrons. The molecule has 0 unspecified atom stereocenters. The summed E-state index contributed by atoms with van der Waals surface area (Å²) < 4.78 is 41.8. The average molecular weight is 287 g/mol. The van der Waals surface area contributed by atoms with Gasteiger partial charge in [-0.2, -0.15) is 0 Å². The number of ether oxygens (including phenoxy) is 1. The SMILES string of the molecule is NS(=O)(=O)c1cc(F)ccc1OC1CCCCCC1. The lowest BCUT2D eigenvalue weighted by atomic mass is 10.1. The third kappa shape index (κ3) is 3.91. The lowest BCUT2D eigenvalue weighted by Gasteiger charge is -2.18. The van der Waals surface area contributed by atoms with Crippen LogP contribution in [0.4, 0.5) is 4.39 Å². The summed E-state index contributed by atoms with van der Waals surface area (Å²) in [6.07, 6.45) is 6.24. The number of sulfonamides is 1. The van der Waals surface area contributed by atoms with E-state index in [1.807, 2.05) is 0 Å². The van der Waals surface area contributed by atoms with Crippen LogP contribution in [-0.2, 0) is 10.0 Å². The second-order valence-corrected chi connectivity index (χ2v) is 6.40. The minimum absolute atomic E-state index is 0.0199. The first-order valence-electron chi connectivity index (χ1n) is 6.46. The molecular formula is C13H18FNO3S. The van der Waals surface area contributed by atoms with Crippen molar-refractivity contribution in [1.82, 2.24) is 0 Å². The number of halogens is 1. The monoisotopic (exact) mass is 287 g/mol. The van der Waals surface area contributed by atoms with Crippen molar-refractivity contribution in [2.24, 2.45) is 5.14 Å². The van der Waals surface area contributed by atoms with Gasteiger partial charge in [-0.05, 0) is 43.9 Å². The molecule has 0 amide bonds. The first-order valence-corrected chi connectivity index (χ1v) is 8.00. The van der Waals surface area contributed by atoms with Gasteiger partial charge in [0, 0.05) is 0 Å². The number of hydrogen-bond donors (Lipinski definition) is 1. The van der Waals surface area contributed by atoms with Crippen LogP contribution in [0.15, 0.2) is 23.1 Å². The van der Waals surface area contributed by atoms with E-state index in [0.29, 0.717) is 0 Å². The van der Waals surface area contributed by atoms with Crippen molar-refractivity contribution in [2.45, 2.75) is 49.5 Å². The van der Waals surface area contributed by atoms with E-state index in [-0.39, 0.29) is 16.7 Å². The molecule has 1 saturated carbocycles. The summed E-state index contributed by atoms with van der Waals surface area (Å²) in [5, 5.41) is 5.09. The molecule has 4 nitrogen and oxygen atoms in total. The van der Waals surface area contributed by atoms with E-state index in [9.17, 15) is 12.8 Å². The number of hydrogen-bond acceptors (Lipinski definition) is 3. The van der Waals surface area contributed by atoms with E-state index >= 15 is 0 Å². The molecule has 0 heterocycles. The molecule has 1 aliphatic rings. The predicted octanol–water partition coefficient (Wildman–Crippen LogP) is 2.57. The molecule has 0 bridgehead atoms. The van der Waals surface area contributed by atoms with Crippen LogP contribution in [0.3, 0.4) is 0 Å². The number of primary sulfonamides is 1. The molecular weight excluding hydrogens is 269 g/mol. The van der Waals surface area contributed by atoms with Gasteiger partial charge in [0.1, 0.15) is 16.5 Å². The van der Waals surface area contributed by atoms with Crippen LogP contribution in [0.2, 0.25) is 0 Å². The first kappa shape index (κ1) is 14.3. The highest BCUT2D eigenvalue weighted by Crippen LogP contribution is 2.28. The summed E-state index contributed by atoms with van der Waals surface area (Å²) in [5.74, 6) is -0.493. The third-order valence-electron chi connectivity index (χ3n) is 3.31. The van der Waals surface area contributed by atoms with E-state index in [4.69, 9.17) is 9.88 Å². The predicted molar refractivity (Wildman–Crippen MR) is 69.9 cm³/mol. The van der Waals surface area contributed by atoms with Gasteiger partial charge >= 0.3 is 0 Å². The lowest BCUT2D eigenvalue weighted by Crippen LogP contribution is -2.19. The van der Waals surface area contributed by atoms with Gasteiger partial charge in [0.05, 0.1) is 6.10 Å². The Kier molecular flexibility index (Phi) is 4.42. The maximum Gasteiger partial charge on any atom is 0.241 e. The molecule has 0 aliphatic heterocycles. The van der Waals surface area contributed by atoms with E-state index in [0.717, 1.165) is 31.7 Å². The topological polar surface area (TPSA) is 69.4 Å². The summed E-state index contributed by atoms with van der Waals surface area (Å²) >= 11 is 0. The smallest absolute Gasteiger partial charge is 0.241 e. The quantitative estimate of drug-likeness (QED) is 0.869. The Morgan fingerprint density at radius 3 is 2.37 bits per heavy atom. The van der Waals surface area contributed by atoms with Gasteiger partial charge in [-0.25, -0.2) is 17.9 Å². The van der Waals surface area contributed by atoms with Gasteiger partial charge < -0.3 is 4.74 Å². The van der Waals surface area contributed by atoms with Crippen molar-refractivity contribution in [1.29, 1.82) is 0 Å². The highest BCUT2D eigenvalue weighted by Gasteiger charge is 2.20. The van der Waals surface area contributed by atoms with Gasteiger partial charge in [-0.15, -0.1) is 0 Å². The average Bonchev–Trinajstić information content (AvgIpc) is 2.59. The van der Waals surface area contributed by atoms with Crippen LogP contribution in [-0.4, -0.2) is 14.5 Å². The van der Waals surface area contributed by atoms with Crippen molar-refractivity contribution in [3.8, 4) is 5.75 Å². The molecule has 0 aromatic heterocycles. The zero-order valence-corrected chi connectivity index (χ0v) is 11.5. The highest BCUT2D eigenvalue weighted by molar-refractivity contribution is 7.89. The first-order chi connectivity index (χ1) is 8.97. The maximum absolute atomic E-state index is 13.1. The largest absolute Gasteiger partial charge is 0.489 e. The maximum atomic E-state index is 13.1. The Morgan fingerprint density at radius 1 is 1.16 bits per heavy atom. The standard InChI is InChI=1S/C13H18FNO3S/c14-10-7-8-12(13(9-10)19(15,16)17)18-11-5-3-1-2-4-6-11/h7-9,11H,1-6H2,(H2,15,16,17). The summed E-state index contributed by atoms with van der Waals surface area (Å²) in [7, 11) is -3.98. The van der Waals surface area contributed by atoms with Crippen LogP contribution in [0.25, 0.3) is 0 Å². The Labute approximate surface area is 112 Å². The minimum Gasteiger partial charge on any atom is -0.489 e. The summed E-state index contributed by atoms with van der Waals surface area (Å²) in [6.45, 7) is 0. The molecule has 2 N–H and O–H groups in total. The Morgan fingerprint density at radius 2 is 1.79 bits per heavy atom. The van der Waals surface area contributed by atoms with Crippen molar-refractivity contribution in [3.05, 3.63) is 24.0 Å². The molecule has 0 saturated heterocycles. The Balaban J connectivity index is 2.24. The second-order valence-electron chi connectivity index (χ2n) is 4.87. The molecule has 0 spiro atoms. The van der Waals surface area contributed by atoms with Crippen molar-refractivity contribution >= 4 is 10.0 Å². The van der Waals surface area contributed by atoms with Crippen LogP contribution in [0.1, 0.15) is 38.5 Å². The minimum atomic E-state index is -3.98. The van der Waals surface area contributed by atoms with Crippen molar-refractivity contribution in [2.75, 3.05) is 0 Å². The molecule has 0 atom stereocenters. The number of benzene rings is 1. The van der Waals surface area contributed by atoms with Gasteiger partial charge in [0.15, 0.2) is 0 Å². The number of nitrogens with two attached hydrogens (primary N) is 1. The molecule has 19 heavy (non-hydrogen) atoms. The summed E-state index contributed by atoms with van der Waals surface area (Å²) in [5.41, 5.74) is 0. The lowest BCUT2D eigenvalue weighted by molar-refractivity contribution is 0.178. The molecule has 1 aromatic rings. The summed E-state index contributed by atoms with van der Waals surface area (Å²) in [4.78, 5) is -0.281. The molecule has 2 rings (SSSR count). The van der Waals surface area contributed by atoms with Gasteiger partial charge in [0.25, 0.3) is 0 Å². The Hall–Kier alpha value is -1.14. The number of rotatable bonds is 3. The van der Waals surface area contributed by atoms with E-state index in [2.05, 4.69) is 0 Å². The third-order valence-corrected chi connectivity index (χ3v) is 4.24. The molecule has 106 valence electrons. The fourth-order valence-electron chi connectivity index (χ4n) is 2.34. The van der Waals surface area contributed by atoms with Crippen molar-refractivity contribution in [3.63, 3.8) is 0 Å². The Bertz CT molecular complexity index is 537.